The molecule has 202 valence electrons. The molecule has 0 spiro atoms. The van der Waals surface area contributed by atoms with Crippen LogP contribution in [0.5, 0.6) is 5.75 Å². The molecule has 2 heterocycles. The number of hydrogen-bond acceptors (Lipinski definition) is 3. The SMILES string of the molecule is CC1(C)/C(=C\C=C\C2=[N+](CCOc3ccccc3)CCS2)N(CCC2CCCC2)c2ccc3ccccc3c21. The Morgan fingerprint density at radius 3 is 2.64 bits per heavy atom. The Balaban J connectivity index is 1.25. The van der Waals surface area contributed by atoms with Crippen molar-refractivity contribution in [2.75, 3.05) is 36.9 Å². The van der Waals surface area contributed by atoms with Crippen molar-refractivity contribution in [3.63, 3.8) is 0 Å². The second-order valence-corrected chi connectivity index (χ2v) is 12.8. The molecular formula is C35H41N2OS+. The van der Waals surface area contributed by atoms with E-state index in [0.29, 0.717) is 6.61 Å². The van der Waals surface area contributed by atoms with Crippen molar-refractivity contribution in [1.82, 2.24) is 0 Å². The fourth-order valence-corrected chi connectivity index (χ4v) is 7.80. The van der Waals surface area contributed by atoms with Crippen molar-refractivity contribution < 1.29 is 9.31 Å². The van der Waals surface area contributed by atoms with E-state index in [2.05, 4.69) is 77.9 Å². The molecule has 0 unspecified atom stereocenters. The van der Waals surface area contributed by atoms with Crippen LogP contribution in [-0.2, 0) is 5.41 Å². The van der Waals surface area contributed by atoms with Crippen molar-refractivity contribution in [3.8, 4) is 5.75 Å². The largest absolute Gasteiger partial charge is 0.487 e. The third kappa shape index (κ3) is 5.54. The molecule has 2 aliphatic heterocycles. The Labute approximate surface area is 238 Å². The van der Waals surface area contributed by atoms with Crippen molar-refractivity contribution in [3.05, 3.63) is 96.2 Å². The number of allylic oxidation sites excluding steroid dienone is 3. The van der Waals surface area contributed by atoms with E-state index in [0.717, 1.165) is 37.1 Å². The summed E-state index contributed by atoms with van der Waals surface area (Å²) in [5, 5.41) is 4.08. The standard InChI is InChI=1S/C35H41N2OS/c1-35(2)32(17-10-18-33-36(24-26-39-33)23-25-38-29-14-4-3-5-15-29)37(22-21-27-11-6-7-12-27)31-20-19-28-13-8-9-16-30(28)34(31)35/h3-5,8-10,13-20,27H,6-7,11-12,21-26H2,1-2H3/q+1. The number of ether oxygens (including phenoxy) is 1. The third-order valence-corrected chi connectivity index (χ3v) is 9.86. The molecular weight excluding hydrogens is 496 g/mol. The van der Waals surface area contributed by atoms with Crippen LogP contribution in [0, 0.1) is 5.92 Å². The molecule has 0 saturated heterocycles. The summed E-state index contributed by atoms with van der Waals surface area (Å²) in [6.07, 6.45) is 13.9. The minimum Gasteiger partial charge on any atom is -0.487 e. The topological polar surface area (TPSA) is 15.5 Å². The van der Waals surface area contributed by atoms with Crippen LogP contribution in [-0.4, -0.2) is 41.6 Å². The van der Waals surface area contributed by atoms with E-state index < -0.39 is 0 Å². The fourth-order valence-electron chi connectivity index (χ4n) is 6.74. The van der Waals surface area contributed by atoms with E-state index in [-0.39, 0.29) is 5.41 Å². The van der Waals surface area contributed by atoms with Crippen LogP contribution in [0.1, 0.15) is 51.5 Å². The van der Waals surface area contributed by atoms with E-state index in [1.165, 1.54) is 64.9 Å². The molecule has 4 heteroatoms. The lowest BCUT2D eigenvalue weighted by atomic mass is 9.81. The Morgan fingerprint density at radius 2 is 1.79 bits per heavy atom. The molecule has 3 aromatic carbocycles. The molecule has 0 atom stereocenters. The summed E-state index contributed by atoms with van der Waals surface area (Å²) < 4.78 is 8.44. The highest BCUT2D eigenvalue weighted by Crippen LogP contribution is 2.51. The maximum atomic E-state index is 5.98. The van der Waals surface area contributed by atoms with Gasteiger partial charge in [0.15, 0.2) is 13.1 Å². The summed E-state index contributed by atoms with van der Waals surface area (Å²) in [6.45, 7) is 8.63. The fraction of sp³-hybridized carbons (Fsp3) is 0.400. The van der Waals surface area contributed by atoms with Crippen LogP contribution in [0.15, 0.2) is 90.7 Å². The number of thioether (sulfide) groups is 1. The van der Waals surface area contributed by atoms with Gasteiger partial charge in [0.25, 0.3) is 0 Å². The minimum atomic E-state index is -0.0487. The molecule has 1 fully saturated rings. The highest BCUT2D eigenvalue weighted by Gasteiger charge is 2.41. The van der Waals surface area contributed by atoms with Crippen LogP contribution in [0.3, 0.4) is 0 Å². The molecule has 39 heavy (non-hydrogen) atoms. The van der Waals surface area contributed by atoms with E-state index in [9.17, 15) is 0 Å². The van der Waals surface area contributed by atoms with Gasteiger partial charge in [-0.1, -0.05) is 106 Å². The van der Waals surface area contributed by atoms with Gasteiger partial charge in [-0.2, -0.15) is 0 Å². The summed E-state index contributed by atoms with van der Waals surface area (Å²) in [6, 6.07) is 23.7. The van der Waals surface area contributed by atoms with E-state index >= 15 is 0 Å². The zero-order valence-corrected chi connectivity index (χ0v) is 24.3. The highest BCUT2D eigenvalue weighted by molar-refractivity contribution is 8.14. The predicted molar refractivity (Wildman–Crippen MR) is 168 cm³/mol. The molecule has 0 aromatic heterocycles. The lowest BCUT2D eigenvalue weighted by molar-refractivity contribution is -0.518. The maximum Gasteiger partial charge on any atom is 0.235 e. The van der Waals surface area contributed by atoms with Crippen LogP contribution >= 0.6 is 11.8 Å². The quantitative estimate of drug-likeness (QED) is 0.256. The number of rotatable bonds is 9. The maximum absolute atomic E-state index is 5.98. The van der Waals surface area contributed by atoms with Crippen molar-refractivity contribution in [1.29, 1.82) is 0 Å². The second kappa shape index (κ2) is 11.6. The lowest BCUT2D eigenvalue weighted by Crippen LogP contribution is -2.28. The third-order valence-electron chi connectivity index (χ3n) is 8.78. The first kappa shape index (κ1) is 26.3. The van der Waals surface area contributed by atoms with Crippen molar-refractivity contribution in [2.45, 2.75) is 51.4 Å². The summed E-state index contributed by atoms with van der Waals surface area (Å²) >= 11 is 1.95. The first-order valence-corrected chi connectivity index (χ1v) is 15.7. The minimum absolute atomic E-state index is 0.0487. The van der Waals surface area contributed by atoms with Crippen LogP contribution in [0.25, 0.3) is 10.8 Å². The average Bonchev–Trinajstić information content (AvgIpc) is 3.68. The number of fused-ring (bicyclic) bond motifs is 3. The van der Waals surface area contributed by atoms with Gasteiger partial charge >= 0.3 is 0 Å². The number of anilines is 1. The molecule has 0 N–H and O–H groups in total. The number of benzene rings is 3. The molecule has 3 aliphatic rings. The number of para-hydroxylation sites is 1. The zero-order chi connectivity index (χ0) is 26.7. The van der Waals surface area contributed by atoms with Crippen molar-refractivity contribution in [2.24, 2.45) is 5.92 Å². The van der Waals surface area contributed by atoms with Crippen LogP contribution < -0.4 is 9.64 Å². The Hall–Kier alpha value is -2.98. The van der Waals surface area contributed by atoms with Crippen LogP contribution in [0.2, 0.25) is 0 Å². The van der Waals surface area contributed by atoms with Gasteiger partial charge in [-0.25, -0.2) is 4.58 Å². The Morgan fingerprint density at radius 1 is 1.00 bits per heavy atom. The second-order valence-electron chi connectivity index (χ2n) is 11.6. The van der Waals surface area contributed by atoms with Gasteiger partial charge in [0.1, 0.15) is 12.4 Å². The molecule has 0 radical (unpaired) electrons. The van der Waals surface area contributed by atoms with Gasteiger partial charge in [0, 0.05) is 29.4 Å². The van der Waals surface area contributed by atoms with Gasteiger partial charge in [-0.05, 0) is 52.9 Å². The van der Waals surface area contributed by atoms with Crippen molar-refractivity contribution >= 4 is 33.3 Å². The van der Waals surface area contributed by atoms with E-state index in [1.807, 2.05) is 42.1 Å². The number of hydrogen-bond donors (Lipinski definition) is 0. The smallest absolute Gasteiger partial charge is 0.235 e. The van der Waals surface area contributed by atoms with Gasteiger partial charge < -0.3 is 9.64 Å². The lowest BCUT2D eigenvalue weighted by Gasteiger charge is -2.28. The first-order chi connectivity index (χ1) is 19.1. The molecule has 1 saturated carbocycles. The normalized spacial score (nSPS) is 20.2. The Kier molecular flexibility index (Phi) is 7.83. The molecule has 6 rings (SSSR count). The van der Waals surface area contributed by atoms with E-state index in [1.54, 1.807) is 0 Å². The summed E-state index contributed by atoms with van der Waals surface area (Å²) in [5.74, 6) is 2.96. The Bertz CT molecular complexity index is 1400. The van der Waals surface area contributed by atoms with E-state index in [4.69, 9.17) is 4.74 Å². The highest BCUT2D eigenvalue weighted by atomic mass is 32.2. The first-order valence-electron chi connectivity index (χ1n) is 14.7. The molecule has 1 aliphatic carbocycles. The monoisotopic (exact) mass is 537 g/mol. The summed E-state index contributed by atoms with van der Waals surface area (Å²) in [7, 11) is 0. The van der Waals surface area contributed by atoms with Gasteiger partial charge in [0.2, 0.25) is 5.04 Å². The molecule has 0 bridgehead atoms. The predicted octanol–water partition coefficient (Wildman–Crippen LogP) is 8.19. The molecule has 3 aromatic rings. The molecule has 3 nitrogen and oxygen atoms in total. The number of nitrogens with zero attached hydrogens (tertiary/aromatic N) is 2. The zero-order valence-electron chi connectivity index (χ0n) is 23.4. The summed E-state index contributed by atoms with van der Waals surface area (Å²) in [4.78, 5) is 2.64. The summed E-state index contributed by atoms with van der Waals surface area (Å²) in [5.41, 5.74) is 4.26. The van der Waals surface area contributed by atoms with Gasteiger partial charge in [0.05, 0.1) is 5.75 Å². The van der Waals surface area contributed by atoms with Gasteiger partial charge in [-0.15, -0.1) is 0 Å². The average molecular weight is 538 g/mol. The van der Waals surface area contributed by atoms with Gasteiger partial charge in [-0.3, -0.25) is 0 Å². The van der Waals surface area contributed by atoms with Crippen LogP contribution in [0.4, 0.5) is 5.69 Å². The molecule has 0 amide bonds.